The van der Waals surface area contributed by atoms with Crippen molar-refractivity contribution in [3.05, 3.63) is 47.0 Å². The van der Waals surface area contributed by atoms with Crippen LogP contribution in [-0.2, 0) is 13.0 Å². The summed E-state index contributed by atoms with van der Waals surface area (Å²) in [6.07, 6.45) is 0.968. The molecule has 0 aliphatic carbocycles. The van der Waals surface area contributed by atoms with E-state index in [0.29, 0.717) is 29.4 Å². The van der Waals surface area contributed by atoms with Crippen LogP contribution in [0.2, 0.25) is 0 Å². The number of hydrogen-bond donors (Lipinski definition) is 1. The van der Waals surface area contributed by atoms with Crippen molar-refractivity contribution in [2.75, 3.05) is 6.61 Å². The summed E-state index contributed by atoms with van der Waals surface area (Å²) in [6.45, 7) is 3.29. The molecule has 1 N–H and O–H groups in total. The van der Waals surface area contributed by atoms with Crippen LogP contribution < -0.4 is 4.74 Å². The van der Waals surface area contributed by atoms with Gasteiger partial charge in [0.25, 0.3) is 6.43 Å². The van der Waals surface area contributed by atoms with Crippen molar-refractivity contribution in [1.29, 1.82) is 0 Å². The fourth-order valence-corrected chi connectivity index (χ4v) is 2.96. The Morgan fingerprint density at radius 1 is 1.37 bits per heavy atom. The minimum absolute atomic E-state index is 0.0272. The van der Waals surface area contributed by atoms with Crippen LogP contribution in [0.5, 0.6) is 5.88 Å². The fraction of sp³-hybridized carbons (Fsp3) is 0.333. The smallest absolute Gasteiger partial charge is 0.355 e. The maximum atomic E-state index is 12.3. The zero-order valence-corrected chi connectivity index (χ0v) is 14.8. The van der Waals surface area contributed by atoms with Gasteiger partial charge in [0.1, 0.15) is 0 Å². The lowest BCUT2D eigenvalue weighted by Gasteiger charge is -2.10. The molecule has 0 saturated heterocycles. The van der Waals surface area contributed by atoms with Crippen LogP contribution in [0.4, 0.5) is 8.78 Å². The first-order valence-corrected chi connectivity index (χ1v) is 8.34. The summed E-state index contributed by atoms with van der Waals surface area (Å²) in [5.74, 6) is -0.939. The number of aromatic nitrogens is 4. The molecule has 7 nitrogen and oxygen atoms in total. The Balaban J connectivity index is 1.94. The number of hydrogen-bond acceptors (Lipinski definition) is 5. The summed E-state index contributed by atoms with van der Waals surface area (Å²) >= 11 is 0. The second-order valence-corrected chi connectivity index (χ2v) is 5.98. The van der Waals surface area contributed by atoms with Crippen LogP contribution in [0, 0.1) is 6.92 Å². The van der Waals surface area contributed by atoms with Crippen molar-refractivity contribution in [2.24, 2.45) is 0 Å². The third-order valence-electron chi connectivity index (χ3n) is 4.06. The molecule has 0 unspecified atom stereocenters. The number of carboxylic acid groups (broad SMARTS) is 1. The number of aryl methyl sites for hydroxylation is 2. The third kappa shape index (κ3) is 3.86. The highest BCUT2D eigenvalue weighted by Crippen LogP contribution is 2.24. The van der Waals surface area contributed by atoms with Crippen LogP contribution in [0.1, 0.15) is 34.2 Å². The van der Waals surface area contributed by atoms with Crippen LogP contribution in [0.15, 0.2) is 24.5 Å². The minimum atomic E-state index is -2.56. The van der Waals surface area contributed by atoms with Crippen molar-refractivity contribution in [3.8, 4) is 5.88 Å². The molecule has 0 aromatic carbocycles. The Morgan fingerprint density at radius 2 is 2.15 bits per heavy atom. The van der Waals surface area contributed by atoms with Crippen LogP contribution in [-0.4, -0.2) is 43.9 Å². The Morgan fingerprint density at radius 3 is 2.78 bits per heavy atom. The summed E-state index contributed by atoms with van der Waals surface area (Å²) in [5, 5.41) is 14.4. The van der Waals surface area contributed by atoms with E-state index in [0.717, 1.165) is 11.3 Å². The average molecular weight is 376 g/mol. The molecule has 0 fully saturated rings. The van der Waals surface area contributed by atoms with Gasteiger partial charge in [-0.2, -0.15) is 5.10 Å². The van der Waals surface area contributed by atoms with Gasteiger partial charge in [-0.25, -0.2) is 23.5 Å². The van der Waals surface area contributed by atoms with Crippen molar-refractivity contribution < 1.29 is 23.4 Å². The predicted molar refractivity (Wildman–Crippen MR) is 93.4 cm³/mol. The van der Waals surface area contributed by atoms with E-state index < -0.39 is 19.0 Å². The number of nitrogens with zero attached hydrogens (tertiary/aromatic N) is 4. The summed E-state index contributed by atoms with van der Waals surface area (Å²) in [4.78, 5) is 19.5. The number of ether oxygens (including phenoxy) is 1. The van der Waals surface area contributed by atoms with Gasteiger partial charge in [0, 0.05) is 23.7 Å². The highest BCUT2D eigenvalue weighted by Gasteiger charge is 2.19. The Kier molecular flexibility index (Phi) is 5.29. The quantitative estimate of drug-likeness (QED) is 0.682. The monoisotopic (exact) mass is 376 g/mol. The Hall–Kier alpha value is -3.10. The van der Waals surface area contributed by atoms with Crippen LogP contribution >= 0.6 is 0 Å². The fourth-order valence-electron chi connectivity index (χ4n) is 2.96. The van der Waals surface area contributed by atoms with Crippen molar-refractivity contribution in [2.45, 2.75) is 33.2 Å². The van der Waals surface area contributed by atoms with Gasteiger partial charge in [-0.3, -0.25) is 4.68 Å². The van der Waals surface area contributed by atoms with E-state index in [-0.39, 0.29) is 11.6 Å². The third-order valence-corrected chi connectivity index (χ3v) is 4.06. The molecule has 0 atom stereocenters. The van der Waals surface area contributed by atoms with Gasteiger partial charge in [-0.1, -0.05) is 6.92 Å². The average Bonchev–Trinajstić information content (AvgIpc) is 2.97. The van der Waals surface area contributed by atoms with Crippen molar-refractivity contribution >= 4 is 16.9 Å². The van der Waals surface area contributed by atoms with Crippen molar-refractivity contribution in [3.63, 3.8) is 0 Å². The molecular formula is C18H18F2N4O3. The minimum Gasteiger partial charge on any atom is -0.476 e. The summed E-state index contributed by atoms with van der Waals surface area (Å²) in [6, 6.07) is 3.46. The lowest BCUT2D eigenvalue weighted by Crippen LogP contribution is -2.10. The van der Waals surface area contributed by atoms with Gasteiger partial charge in [-0.15, -0.1) is 0 Å². The van der Waals surface area contributed by atoms with Crippen LogP contribution in [0.25, 0.3) is 10.9 Å². The number of pyridine rings is 2. The van der Waals surface area contributed by atoms with E-state index in [2.05, 4.69) is 15.1 Å². The highest BCUT2D eigenvalue weighted by molar-refractivity contribution is 6.01. The maximum absolute atomic E-state index is 12.3. The van der Waals surface area contributed by atoms with E-state index >= 15 is 0 Å². The molecule has 0 aliphatic rings. The number of carbonyl (C=O) groups is 1. The first kappa shape index (κ1) is 18.7. The van der Waals surface area contributed by atoms with Gasteiger partial charge in [0.2, 0.25) is 5.88 Å². The molecule has 0 spiro atoms. The molecule has 3 rings (SSSR count). The zero-order chi connectivity index (χ0) is 19.6. The number of carboxylic acids is 1. The lowest BCUT2D eigenvalue weighted by molar-refractivity contribution is 0.0692. The largest absolute Gasteiger partial charge is 0.476 e. The van der Waals surface area contributed by atoms with E-state index in [1.54, 1.807) is 23.7 Å². The normalized spacial score (nSPS) is 11.3. The zero-order valence-electron chi connectivity index (χ0n) is 14.8. The molecule has 142 valence electrons. The second kappa shape index (κ2) is 7.65. The van der Waals surface area contributed by atoms with Gasteiger partial charge < -0.3 is 9.84 Å². The summed E-state index contributed by atoms with van der Waals surface area (Å²) in [5.41, 5.74) is 2.72. The van der Waals surface area contributed by atoms with E-state index in [4.69, 9.17) is 4.74 Å². The molecule has 27 heavy (non-hydrogen) atoms. The number of rotatable bonds is 7. The molecular weight excluding hydrogens is 358 g/mol. The SMILES string of the molecule is CCc1c2c(C(=O)O)nccc2nn1Cc1cnc(OCC(F)F)c(C)c1. The Labute approximate surface area is 153 Å². The highest BCUT2D eigenvalue weighted by atomic mass is 19.3. The van der Waals surface area contributed by atoms with Gasteiger partial charge in [0.15, 0.2) is 12.3 Å². The lowest BCUT2D eigenvalue weighted by atomic mass is 10.1. The number of aromatic carboxylic acids is 1. The van der Waals surface area contributed by atoms with E-state index in [1.807, 2.05) is 6.92 Å². The summed E-state index contributed by atoms with van der Waals surface area (Å²) in [7, 11) is 0. The first-order valence-electron chi connectivity index (χ1n) is 8.34. The number of halogens is 2. The molecule has 3 aromatic rings. The van der Waals surface area contributed by atoms with Gasteiger partial charge in [0.05, 0.1) is 17.4 Å². The molecule has 0 amide bonds. The number of fused-ring (bicyclic) bond motifs is 1. The molecule has 9 heteroatoms. The molecule has 3 aromatic heterocycles. The topological polar surface area (TPSA) is 90.1 Å². The second-order valence-electron chi connectivity index (χ2n) is 5.98. The first-order chi connectivity index (χ1) is 12.9. The number of alkyl halides is 2. The standard InChI is InChI=1S/C18H18F2N4O3/c1-3-13-15-12(4-5-21-16(15)18(25)26)23-24(13)8-11-6-10(2)17(22-7-11)27-9-14(19)20/h4-7,14H,3,8-9H2,1-2H3,(H,25,26). The maximum Gasteiger partial charge on any atom is 0.355 e. The molecule has 0 bridgehead atoms. The van der Waals surface area contributed by atoms with E-state index in [1.165, 1.54) is 12.4 Å². The predicted octanol–water partition coefficient (Wildman–Crippen LogP) is 3.09. The van der Waals surface area contributed by atoms with Crippen molar-refractivity contribution in [1.82, 2.24) is 19.7 Å². The van der Waals surface area contributed by atoms with E-state index in [9.17, 15) is 18.7 Å². The molecule has 3 heterocycles. The van der Waals surface area contributed by atoms with Crippen LogP contribution in [0.3, 0.4) is 0 Å². The molecule has 0 radical (unpaired) electrons. The molecule has 0 saturated carbocycles. The van der Waals surface area contributed by atoms with Gasteiger partial charge >= 0.3 is 5.97 Å². The summed E-state index contributed by atoms with van der Waals surface area (Å²) < 4.78 is 31.3. The Bertz CT molecular complexity index is 988. The molecule has 0 aliphatic heterocycles. The van der Waals surface area contributed by atoms with Gasteiger partial charge in [-0.05, 0) is 31.0 Å².